The molecule has 0 aliphatic rings. The lowest BCUT2D eigenvalue weighted by Gasteiger charge is -1.90. The Kier molecular flexibility index (Phi) is 2.78. The van der Waals surface area contributed by atoms with Crippen LogP contribution in [0.15, 0.2) is 17.5 Å². The van der Waals surface area contributed by atoms with Crippen LogP contribution in [-0.4, -0.2) is 0 Å². The van der Waals surface area contributed by atoms with E-state index in [9.17, 15) is 0 Å². The van der Waals surface area contributed by atoms with Crippen molar-refractivity contribution in [1.29, 1.82) is 0 Å². The van der Waals surface area contributed by atoms with Crippen LogP contribution in [0.2, 0.25) is 0 Å². The van der Waals surface area contributed by atoms with Crippen molar-refractivity contribution in [3.63, 3.8) is 0 Å². The number of hydrogen-bond donors (Lipinski definition) is 0. The van der Waals surface area contributed by atoms with Crippen molar-refractivity contribution in [2.45, 2.75) is 19.3 Å². The molecule has 0 aliphatic carbocycles. The first kappa shape index (κ1) is 6.81. The molecule has 2 radical (unpaired) electrons. The van der Waals surface area contributed by atoms with Crippen molar-refractivity contribution in [1.82, 2.24) is 0 Å². The predicted octanol–water partition coefficient (Wildman–Crippen LogP) is 2.78. The number of aryl methyl sites for hydroxylation is 1. The van der Waals surface area contributed by atoms with Crippen LogP contribution in [-0.2, 0) is 6.42 Å². The summed E-state index contributed by atoms with van der Waals surface area (Å²) in [6.45, 7) is 5.35. The Hall–Kier alpha value is -0.300. The van der Waals surface area contributed by atoms with Gasteiger partial charge in [-0.25, -0.2) is 0 Å². The largest absolute Gasteiger partial charge is 0.149 e. The fourth-order valence-electron chi connectivity index (χ4n) is 0.731. The fourth-order valence-corrected chi connectivity index (χ4v) is 1.48. The molecule has 0 aromatic carbocycles. The van der Waals surface area contributed by atoms with E-state index < -0.39 is 0 Å². The normalized spacial score (nSPS) is 9.89. The van der Waals surface area contributed by atoms with Gasteiger partial charge in [-0.15, -0.1) is 11.3 Å². The van der Waals surface area contributed by atoms with Gasteiger partial charge in [-0.05, 0) is 37.6 Å². The summed E-state index contributed by atoms with van der Waals surface area (Å²) < 4.78 is 0. The predicted molar refractivity (Wildman–Crippen MR) is 41.6 cm³/mol. The molecule has 0 amide bonds. The van der Waals surface area contributed by atoms with Gasteiger partial charge >= 0.3 is 0 Å². The Morgan fingerprint density at radius 2 is 2.44 bits per heavy atom. The maximum atomic E-state index is 5.35. The minimum absolute atomic E-state index is 0.803. The van der Waals surface area contributed by atoms with Crippen molar-refractivity contribution in [2.24, 2.45) is 0 Å². The van der Waals surface area contributed by atoms with Crippen LogP contribution >= 0.6 is 11.3 Å². The molecule has 0 atom stereocenters. The van der Waals surface area contributed by atoms with Crippen molar-refractivity contribution < 1.29 is 0 Å². The average molecular weight is 138 g/mol. The zero-order valence-corrected chi connectivity index (χ0v) is 6.16. The van der Waals surface area contributed by atoms with Gasteiger partial charge in [0.25, 0.3) is 0 Å². The van der Waals surface area contributed by atoms with Crippen LogP contribution in [0, 0.1) is 6.92 Å². The quantitative estimate of drug-likeness (QED) is 0.602. The maximum Gasteiger partial charge on any atom is 0.00452 e. The second kappa shape index (κ2) is 3.67. The molecule has 0 aliphatic heterocycles. The number of hydrogen-bond acceptors (Lipinski definition) is 1. The summed E-state index contributed by atoms with van der Waals surface area (Å²) in [5, 5.41) is 2.10. The third kappa shape index (κ3) is 2.19. The molecular formula is C8H10S. The lowest BCUT2D eigenvalue weighted by atomic mass is 10.2. The van der Waals surface area contributed by atoms with Crippen LogP contribution < -0.4 is 0 Å². The monoisotopic (exact) mass is 138 g/mol. The van der Waals surface area contributed by atoms with Gasteiger partial charge in [0.05, 0.1) is 0 Å². The lowest BCUT2D eigenvalue weighted by Crippen LogP contribution is -1.76. The Morgan fingerprint density at radius 3 is 3.00 bits per heavy atom. The van der Waals surface area contributed by atoms with Gasteiger partial charge < -0.3 is 0 Å². The zero-order valence-electron chi connectivity index (χ0n) is 5.34. The highest BCUT2D eigenvalue weighted by Crippen LogP contribution is 2.11. The minimum atomic E-state index is 0.803. The van der Waals surface area contributed by atoms with E-state index in [1.54, 1.807) is 0 Å². The van der Waals surface area contributed by atoms with Crippen molar-refractivity contribution >= 4 is 11.3 Å². The molecule has 0 nitrogen and oxygen atoms in total. The van der Waals surface area contributed by atoms with Crippen molar-refractivity contribution in [2.75, 3.05) is 0 Å². The molecule has 1 rings (SSSR count). The summed E-state index contributed by atoms with van der Waals surface area (Å²) >= 11 is 1.81. The van der Waals surface area contributed by atoms with Crippen molar-refractivity contribution in [3.05, 3.63) is 29.3 Å². The number of rotatable bonds is 3. The van der Waals surface area contributed by atoms with Crippen LogP contribution in [0.25, 0.3) is 0 Å². The standard InChI is InChI=1S/C8H10S/c1-2-3-5-8-6-4-7-9-8/h1,4,6-7H,2-3,5H2. The Balaban J connectivity index is 2.30. The zero-order chi connectivity index (χ0) is 6.53. The topological polar surface area (TPSA) is 0 Å². The smallest absolute Gasteiger partial charge is 0.00452 e. The third-order valence-corrected chi connectivity index (χ3v) is 2.14. The molecule has 0 unspecified atom stereocenters. The first-order valence-corrected chi connectivity index (χ1v) is 4.04. The molecule has 1 aromatic rings. The summed E-state index contributed by atoms with van der Waals surface area (Å²) in [6, 6.07) is 4.23. The molecule has 0 saturated carbocycles. The molecule has 9 heavy (non-hydrogen) atoms. The summed E-state index contributed by atoms with van der Waals surface area (Å²) in [5.74, 6) is 0. The molecule has 0 N–H and O–H groups in total. The van der Waals surface area contributed by atoms with Crippen molar-refractivity contribution in [3.8, 4) is 0 Å². The van der Waals surface area contributed by atoms with E-state index in [4.69, 9.17) is 6.92 Å². The second-order valence-electron chi connectivity index (χ2n) is 1.97. The molecule has 0 bridgehead atoms. The molecule has 1 heterocycles. The summed E-state index contributed by atoms with van der Waals surface area (Å²) in [5.41, 5.74) is 0. The molecule has 0 spiro atoms. The van der Waals surface area contributed by atoms with Gasteiger partial charge in [-0.3, -0.25) is 0 Å². The fraction of sp³-hybridized carbons (Fsp3) is 0.375. The van der Waals surface area contributed by atoms with Gasteiger partial charge in [0, 0.05) is 4.88 Å². The number of thiophene rings is 1. The van der Waals surface area contributed by atoms with Gasteiger partial charge in [0.1, 0.15) is 0 Å². The SMILES string of the molecule is [CH]CCCc1cccs1. The second-order valence-corrected chi connectivity index (χ2v) is 3.00. The van der Waals surface area contributed by atoms with Gasteiger partial charge in [-0.1, -0.05) is 6.07 Å². The average Bonchev–Trinajstić information content (AvgIpc) is 2.34. The number of unbranched alkanes of at least 4 members (excludes halogenated alkanes) is 1. The molecule has 0 saturated heterocycles. The highest BCUT2D eigenvalue weighted by Gasteiger charge is 1.89. The van der Waals surface area contributed by atoms with E-state index in [1.165, 1.54) is 4.88 Å². The highest BCUT2D eigenvalue weighted by molar-refractivity contribution is 7.09. The molecular weight excluding hydrogens is 128 g/mol. The Bertz CT molecular complexity index is 142. The first-order chi connectivity index (χ1) is 4.43. The van der Waals surface area contributed by atoms with Gasteiger partial charge in [-0.2, -0.15) is 0 Å². The van der Waals surface area contributed by atoms with Crippen LogP contribution in [0.3, 0.4) is 0 Å². The van der Waals surface area contributed by atoms with E-state index in [-0.39, 0.29) is 0 Å². The Morgan fingerprint density at radius 1 is 1.56 bits per heavy atom. The molecule has 48 valence electrons. The van der Waals surface area contributed by atoms with E-state index in [2.05, 4.69) is 17.5 Å². The molecule has 0 fully saturated rings. The van der Waals surface area contributed by atoms with E-state index in [1.807, 2.05) is 11.3 Å². The van der Waals surface area contributed by atoms with Crippen LogP contribution in [0.1, 0.15) is 17.7 Å². The molecule has 1 aromatic heterocycles. The van der Waals surface area contributed by atoms with E-state index in [0.29, 0.717) is 0 Å². The summed E-state index contributed by atoms with van der Waals surface area (Å²) in [7, 11) is 0. The Labute approximate surface area is 60.5 Å². The maximum absolute atomic E-state index is 5.35. The van der Waals surface area contributed by atoms with Crippen LogP contribution in [0.5, 0.6) is 0 Å². The minimum Gasteiger partial charge on any atom is -0.149 e. The highest BCUT2D eigenvalue weighted by atomic mass is 32.1. The van der Waals surface area contributed by atoms with Crippen LogP contribution in [0.4, 0.5) is 0 Å². The van der Waals surface area contributed by atoms with Gasteiger partial charge in [0.2, 0.25) is 0 Å². The van der Waals surface area contributed by atoms with E-state index >= 15 is 0 Å². The third-order valence-electron chi connectivity index (χ3n) is 1.21. The van der Waals surface area contributed by atoms with Gasteiger partial charge in [0.15, 0.2) is 0 Å². The summed E-state index contributed by atoms with van der Waals surface area (Å²) in [4.78, 5) is 1.44. The lowest BCUT2D eigenvalue weighted by molar-refractivity contribution is 0.853. The van der Waals surface area contributed by atoms with E-state index in [0.717, 1.165) is 19.3 Å². The summed E-state index contributed by atoms with van der Waals surface area (Å²) in [6.07, 6.45) is 3.06. The first-order valence-electron chi connectivity index (χ1n) is 3.16. The molecule has 1 heteroatoms.